The molecule has 1 N–H and O–H groups in total. The normalized spacial score (nSPS) is 12.0. The molecule has 0 heterocycles. The number of likely N-dealkylation sites (N-methyl/N-ethyl adjacent to an activating group) is 1. The van der Waals surface area contributed by atoms with Gasteiger partial charge in [0, 0.05) is 6.54 Å². The van der Waals surface area contributed by atoms with E-state index in [4.69, 9.17) is 4.74 Å². The van der Waals surface area contributed by atoms with Crippen molar-refractivity contribution in [1.82, 2.24) is 10.2 Å². The van der Waals surface area contributed by atoms with Crippen LogP contribution < -0.4 is 10.1 Å². The first-order valence-electron chi connectivity index (χ1n) is 7.79. The fourth-order valence-corrected chi connectivity index (χ4v) is 2.23. The summed E-state index contributed by atoms with van der Waals surface area (Å²) in [6, 6.07) is 7.72. The van der Waals surface area contributed by atoms with E-state index in [1.807, 2.05) is 52.0 Å². The smallest absolute Gasteiger partial charge is 0.237 e. The molecular weight excluding hydrogens is 276 g/mol. The van der Waals surface area contributed by atoms with Crippen molar-refractivity contribution in [3.63, 3.8) is 0 Å². The van der Waals surface area contributed by atoms with E-state index in [-0.39, 0.29) is 11.9 Å². The number of rotatable bonds is 9. The van der Waals surface area contributed by atoms with E-state index >= 15 is 0 Å². The maximum Gasteiger partial charge on any atom is 0.237 e. The molecule has 1 aromatic rings. The molecule has 0 aliphatic heterocycles. The molecule has 0 saturated heterocycles. The van der Waals surface area contributed by atoms with Gasteiger partial charge in [-0.1, -0.05) is 31.2 Å². The first kappa shape index (κ1) is 18.2. The zero-order valence-electron chi connectivity index (χ0n) is 14.2. The van der Waals surface area contributed by atoms with Crippen LogP contribution in [0.3, 0.4) is 0 Å². The number of carbonyl (C=O) groups excluding carboxylic acids is 1. The van der Waals surface area contributed by atoms with E-state index in [0.29, 0.717) is 13.2 Å². The molecule has 0 spiro atoms. The Kier molecular flexibility index (Phi) is 7.67. The Hall–Kier alpha value is -1.81. The third-order valence-corrected chi connectivity index (χ3v) is 3.47. The topological polar surface area (TPSA) is 41.6 Å². The molecule has 0 aliphatic carbocycles. The fraction of sp³-hybridized carbons (Fsp3) is 0.500. The van der Waals surface area contributed by atoms with Gasteiger partial charge in [-0.15, -0.1) is 0 Å². The third-order valence-electron chi connectivity index (χ3n) is 3.47. The van der Waals surface area contributed by atoms with Gasteiger partial charge in [0.25, 0.3) is 0 Å². The second-order valence-corrected chi connectivity index (χ2v) is 5.65. The van der Waals surface area contributed by atoms with Crippen LogP contribution in [0.4, 0.5) is 0 Å². The van der Waals surface area contributed by atoms with Gasteiger partial charge in [-0.25, -0.2) is 0 Å². The summed E-state index contributed by atoms with van der Waals surface area (Å²) in [5, 5.41) is 2.92. The van der Waals surface area contributed by atoms with Crippen molar-refractivity contribution < 1.29 is 9.53 Å². The summed E-state index contributed by atoms with van der Waals surface area (Å²) in [7, 11) is 0. The molecule has 1 amide bonds. The Morgan fingerprint density at radius 3 is 2.77 bits per heavy atom. The molecule has 0 radical (unpaired) electrons. The highest BCUT2D eigenvalue weighted by atomic mass is 16.5. The van der Waals surface area contributed by atoms with Gasteiger partial charge in [0.2, 0.25) is 5.91 Å². The van der Waals surface area contributed by atoms with Crippen molar-refractivity contribution in [3.8, 4) is 5.75 Å². The van der Waals surface area contributed by atoms with Gasteiger partial charge in [0.15, 0.2) is 0 Å². The number of nitrogens with zero attached hydrogens (tertiary/aromatic N) is 1. The predicted octanol–water partition coefficient (Wildman–Crippen LogP) is 2.78. The number of hydrogen-bond donors (Lipinski definition) is 1. The second-order valence-electron chi connectivity index (χ2n) is 5.65. The average molecular weight is 304 g/mol. The SMILES string of the molecule is C=C(C)CN(CC)C(C)C(=O)NCCOc1cccc(C)c1. The maximum atomic E-state index is 12.2. The molecule has 4 heteroatoms. The van der Waals surface area contributed by atoms with Crippen LogP contribution in [0.15, 0.2) is 36.4 Å². The van der Waals surface area contributed by atoms with Gasteiger partial charge in [0.1, 0.15) is 12.4 Å². The molecule has 0 bridgehead atoms. The lowest BCUT2D eigenvalue weighted by atomic mass is 10.2. The molecule has 0 aromatic heterocycles. The van der Waals surface area contributed by atoms with E-state index in [9.17, 15) is 4.79 Å². The molecule has 1 aromatic carbocycles. The monoisotopic (exact) mass is 304 g/mol. The van der Waals surface area contributed by atoms with Crippen LogP contribution in [0, 0.1) is 6.92 Å². The van der Waals surface area contributed by atoms with Gasteiger partial charge >= 0.3 is 0 Å². The van der Waals surface area contributed by atoms with Crippen molar-refractivity contribution >= 4 is 5.91 Å². The Balaban J connectivity index is 2.34. The minimum Gasteiger partial charge on any atom is -0.492 e. The van der Waals surface area contributed by atoms with Crippen molar-refractivity contribution in [3.05, 3.63) is 42.0 Å². The zero-order valence-corrected chi connectivity index (χ0v) is 14.2. The minimum atomic E-state index is -0.166. The van der Waals surface area contributed by atoms with Crippen molar-refractivity contribution in [2.75, 3.05) is 26.2 Å². The molecule has 22 heavy (non-hydrogen) atoms. The molecule has 1 rings (SSSR count). The molecular formula is C18H28N2O2. The van der Waals surface area contributed by atoms with Crippen LogP contribution >= 0.6 is 0 Å². The molecule has 0 fully saturated rings. The Bertz CT molecular complexity index is 500. The molecule has 1 atom stereocenters. The lowest BCUT2D eigenvalue weighted by Gasteiger charge is -2.27. The number of aryl methyl sites for hydroxylation is 1. The summed E-state index contributed by atoms with van der Waals surface area (Å²) < 4.78 is 5.63. The van der Waals surface area contributed by atoms with Gasteiger partial charge in [-0.05, 0) is 45.0 Å². The van der Waals surface area contributed by atoms with Crippen LogP contribution in [0.1, 0.15) is 26.3 Å². The highest BCUT2D eigenvalue weighted by Gasteiger charge is 2.19. The average Bonchev–Trinajstić information content (AvgIpc) is 2.48. The van der Waals surface area contributed by atoms with Crippen LogP contribution in [0.2, 0.25) is 0 Å². The number of carbonyl (C=O) groups is 1. The second kappa shape index (κ2) is 9.26. The lowest BCUT2D eigenvalue weighted by Crippen LogP contribution is -2.46. The minimum absolute atomic E-state index is 0.0240. The largest absolute Gasteiger partial charge is 0.492 e. The first-order chi connectivity index (χ1) is 10.4. The summed E-state index contributed by atoms with van der Waals surface area (Å²) in [5.41, 5.74) is 2.22. The quantitative estimate of drug-likeness (QED) is 0.563. The van der Waals surface area contributed by atoms with Crippen LogP contribution in [0.25, 0.3) is 0 Å². The van der Waals surface area contributed by atoms with Gasteiger partial charge in [0.05, 0.1) is 12.6 Å². The Morgan fingerprint density at radius 2 is 2.18 bits per heavy atom. The Labute approximate surface area is 134 Å². The third kappa shape index (κ3) is 6.31. The number of ether oxygens (including phenoxy) is 1. The lowest BCUT2D eigenvalue weighted by molar-refractivity contribution is -0.125. The number of benzene rings is 1. The van der Waals surface area contributed by atoms with E-state index in [2.05, 4.69) is 16.8 Å². The predicted molar refractivity (Wildman–Crippen MR) is 91.2 cm³/mol. The van der Waals surface area contributed by atoms with E-state index in [1.165, 1.54) is 0 Å². The summed E-state index contributed by atoms with van der Waals surface area (Å²) in [6.07, 6.45) is 0. The van der Waals surface area contributed by atoms with Crippen molar-refractivity contribution in [2.24, 2.45) is 0 Å². The molecule has 122 valence electrons. The number of hydrogen-bond acceptors (Lipinski definition) is 3. The molecule has 0 saturated carbocycles. The van der Waals surface area contributed by atoms with Gasteiger partial charge < -0.3 is 10.1 Å². The highest BCUT2D eigenvalue weighted by molar-refractivity contribution is 5.81. The molecule has 1 unspecified atom stereocenters. The number of nitrogens with one attached hydrogen (secondary N) is 1. The summed E-state index contributed by atoms with van der Waals surface area (Å²) in [5.74, 6) is 0.857. The number of amides is 1. The van der Waals surface area contributed by atoms with Crippen molar-refractivity contribution in [2.45, 2.75) is 33.7 Å². The summed E-state index contributed by atoms with van der Waals surface area (Å²) in [4.78, 5) is 14.2. The van der Waals surface area contributed by atoms with Crippen molar-refractivity contribution in [1.29, 1.82) is 0 Å². The molecule has 4 nitrogen and oxygen atoms in total. The van der Waals surface area contributed by atoms with Crippen LogP contribution in [-0.4, -0.2) is 43.1 Å². The summed E-state index contributed by atoms with van der Waals surface area (Å²) in [6.45, 7) is 14.4. The van der Waals surface area contributed by atoms with Gasteiger partial charge in [-0.2, -0.15) is 0 Å². The Morgan fingerprint density at radius 1 is 1.45 bits per heavy atom. The maximum absolute atomic E-state index is 12.2. The van der Waals surface area contributed by atoms with E-state index in [1.54, 1.807) is 0 Å². The van der Waals surface area contributed by atoms with Crippen LogP contribution in [-0.2, 0) is 4.79 Å². The zero-order chi connectivity index (χ0) is 16.5. The molecule has 0 aliphatic rings. The summed E-state index contributed by atoms with van der Waals surface area (Å²) >= 11 is 0. The van der Waals surface area contributed by atoms with E-state index in [0.717, 1.165) is 30.0 Å². The van der Waals surface area contributed by atoms with E-state index < -0.39 is 0 Å². The first-order valence-corrected chi connectivity index (χ1v) is 7.79. The fourth-order valence-electron chi connectivity index (χ4n) is 2.23. The van der Waals surface area contributed by atoms with Gasteiger partial charge in [-0.3, -0.25) is 9.69 Å². The van der Waals surface area contributed by atoms with Crippen LogP contribution in [0.5, 0.6) is 5.75 Å². The highest BCUT2D eigenvalue weighted by Crippen LogP contribution is 2.11. The standard InChI is InChI=1S/C18H28N2O2/c1-6-20(13-14(2)3)16(5)18(21)19-10-11-22-17-9-7-8-15(4)12-17/h7-9,12,16H,2,6,10-11,13H2,1,3-5H3,(H,19,21).